The van der Waals surface area contributed by atoms with Gasteiger partial charge in [-0.2, -0.15) is 0 Å². The molecular weight excluding hydrogens is 363 g/mol. The molecule has 1 aromatic carbocycles. The lowest BCUT2D eigenvalue weighted by Crippen LogP contribution is -2.36. The van der Waals surface area contributed by atoms with Crippen molar-refractivity contribution in [3.8, 4) is 0 Å². The molecular formula is C17H22Cl2N4O2. The van der Waals surface area contributed by atoms with Gasteiger partial charge in [-0.25, -0.2) is 4.98 Å². The zero-order chi connectivity index (χ0) is 16.1. The Kier molecular flexibility index (Phi) is 8.48. The van der Waals surface area contributed by atoms with Crippen LogP contribution >= 0.6 is 24.8 Å². The number of morpholine rings is 1. The lowest BCUT2D eigenvalue weighted by atomic mass is 10.1. The topological polar surface area (TPSA) is 80.5 Å². The van der Waals surface area contributed by atoms with Gasteiger partial charge in [0.1, 0.15) is 5.82 Å². The molecule has 1 amide bonds. The van der Waals surface area contributed by atoms with Gasteiger partial charge in [0.05, 0.1) is 31.5 Å². The molecule has 25 heavy (non-hydrogen) atoms. The number of aromatic nitrogens is 1. The van der Waals surface area contributed by atoms with Crippen LogP contribution in [0.25, 0.3) is 0 Å². The fraction of sp³-hybridized carbons (Fsp3) is 0.294. The predicted molar refractivity (Wildman–Crippen MR) is 105 cm³/mol. The second-order valence-electron chi connectivity index (χ2n) is 5.47. The lowest BCUT2D eigenvalue weighted by molar-refractivity contribution is -0.115. The van der Waals surface area contributed by atoms with Gasteiger partial charge < -0.3 is 20.7 Å². The molecule has 0 unspecified atom stereocenters. The highest BCUT2D eigenvalue weighted by Crippen LogP contribution is 2.16. The standard InChI is InChI=1S/C17H20N4O2.2ClH/c18-14-3-1-13(2-4-14)11-17(22)20-15-5-6-16(19-12-15)21-7-9-23-10-8-21;;/h1-6,12H,7-11,18H2,(H,20,22);2*1H. The van der Waals surface area contributed by atoms with Crippen molar-refractivity contribution in [3.63, 3.8) is 0 Å². The van der Waals surface area contributed by atoms with Crippen molar-refractivity contribution in [3.05, 3.63) is 48.2 Å². The first kappa shape index (κ1) is 21.0. The second kappa shape index (κ2) is 10.1. The number of benzene rings is 1. The molecule has 1 aromatic heterocycles. The van der Waals surface area contributed by atoms with E-state index in [1.807, 2.05) is 24.3 Å². The van der Waals surface area contributed by atoms with Crippen molar-refractivity contribution >= 4 is 47.9 Å². The summed E-state index contributed by atoms with van der Waals surface area (Å²) in [6.07, 6.45) is 2.00. The number of nitrogens with one attached hydrogen (secondary N) is 1. The van der Waals surface area contributed by atoms with Gasteiger partial charge in [0.2, 0.25) is 5.91 Å². The zero-order valence-electron chi connectivity index (χ0n) is 13.7. The molecule has 0 aliphatic carbocycles. The fourth-order valence-electron chi connectivity index (χ4n) is 2.47. The van der Waals surface area contributed by atoms with Crippen LogP contribution in [-0.2, 0) is 16.0 Å². The maximum absolute atomic E-state index is 12.1. The average Bonchev–Trinajstić information content (AvgIpc) is 2.58. The van der Waals surface area contributed by atoms with Gasteiger partial charge in [-0.15, -0.1) is 24.8 Å². The molecule has 6 nitrogen and oxygen atoms in total. The molecule has 3 N–H and O–H groups in total. The Labute approximate surface area is 159 Å². The third-order valence-electron chi connectivity index (χ3n) is 3.71. The molecule has 1 aliphatic rings. The minimum absolute atomic E-state index is 0. The number of carbonyl (C=O) groups is 1. The van der Waals surface area contributed by atoms with E-state index in [-0.39, 0.29) is 30.7 Å². The molecule has 1 fully saturated rings. The molecule has 3 rings (SSSR count). The summed E-state index contributed by atoms with van der Waals surface area (Å²) < 4.78 is 5.33. The van der Waals surface area contributed by atoms with Crippen LogP contribution in [0.1, 0.15) is 5.56 Å². The Bertz CT molecular complexity index is 659. The molecule has 136 valence electrons. The minimum Gasteiger partial charge on any atom is -0.399 e. The van der Waals surface area contributed by atoms with E-state index in [4.69, 9.17) is 10.5 Å². The first-order valence-corrected chi connectivity index (χ1v) is 7.64. The number of rotatable bonds is 4. The van der Waals surface area contributed by atoms with E-state index in [1.165, 1.54) is 0 Å². The van der Waals surface area contributed by atoms with Gasteiger partial charge in [0.25, 0.3) is 0 Å². The van der Waals surface area contributed by atoms with Crippen molar-refractivity contribution in [1.29, 1.82) is 0 Å². The van der Waals surface area contributed by atoms with Gasteiger partial charge in [-0.05, 0) is 29.8 Å². The number of nitrogens with two attached hydrogens (primary N) is 1. The van der Waals surface area contributed by atoms with Crippen LogP contribution in [-0.4, -0.2) is 37.2 Å². The largest absolute Gasteiger partial charge is 0.399 e. The lowest BCUT2D eigenvalue weighted by Gasteiger charge is -2.27. The summed E-state index contributed by atoms with van der Waals surface area (Å²) in [7, 11) is 0. The highest BCUT2D eigenvalue weighted by molar-refractivity contribution is 5.92. The van der Waals surface area contributed by atoms with Crippen molar-refractivity contribution in [2.75, 3.05) is 42.3 Å². The molecule has 2 heterocycles. The number of hydrogen-bond acceptors (Lipinski definition) is 5. The van der Waals surface area contributed by atoms with Gasteiger partial charge in [-0.3, -0.25) is 4.79 Å². The van der Waals surface area contributed by atoms with E-state index in [1.54, 1.807) is 18.3 Å². The number of nitrogen functional groups attached to an aromatic ring is 1. The Hall–Kier alpha value is -2.02. The van der Waals surface area contributed by atoms with Gasteiger partial charge in [-0.1, -0.05) is 12.1 Å². The summed E-state index contributed by atoms with van der Waals surface area (Å²) in [5.41, 5.74) is 7.95. The minimum atomic E-state index is -0.0734. The number of amides is 1. The summed E-state index contributed by atoms with van der Waals surface area (Å²) >= 11 is 0. The highest BCUT2D eigenvalue weighted by atomic mass is 35.5. The van der Waals surface area contributed by atoms with Gasteiger partial charge in [0.15, 0.2) is 0 Å². The summed E-state index contributed by atoms with van der Waals surface area (Å²) in [5, 5.41) is 2.86. The number of ether oxygens (including phenoxy) is 1. The molecule has 0 saturated carbocycles. The Morgan fingerprint density at radius 1 is 1.12 bits per heavy atom. The molecule has 0 radical (unpaired) electrons. The number of anilines is 3. The maximum atomic E-state index is 12.1. The zero-order valence-corrected chi connectivity index (χ0v) is 15.3. The summed E-state index contributed by atoms with van der Waals surface area (Å²) in [4.78, 5) is 18.6. The summed E-state index contributed by atoms with van der Waals surface area (Å²) in [6.45, 7) is 3.13. The Morgan fingerprint density at radius 3 is 2.40 bits per heavy atom. The first-order valence-electron chi connectivity index (χ1n) is 7.64. The van der Waals surface area contributed by atoms with Crippen molar-refractivity contribution in [2.24, 2.45) is 0 Å². The number of pyridine rings is 1. The van der Waals surface area contributed by atoms with E-state index < -0.39 is 0 Å². The van der Waals surface area contributed by atoms with Crippen LogP contribution in [0.2, 0.25) is 0 Å². The fourth-order valence-corrected chi connectivity index (χ4v) is 2.47. The highest BCUT2D eigenvalue weighted by Gasteiger charge is 2.12. The van der Waals surface area contributed by atoms with Crippen molar-refractivity contribution < 1.29 is 9.53 Å². The van der Waals surface area contributed by atoms with Crippen LogP contribution < -0.4 is 16.0 Å². The molecule has 0 spiro atoms. The quantitative estimate of drug-likeness (QED) is 0.791. The number of nitrogens with zero attached hydrogens (tertiary/aromatic N) is 2. The van der Waals surface area contributed by atoms with Crippen molar-refractivity contribution in [2.45, 2.75) is 6.42 Å². The van der Waals surface area contributed by atoms with E-state index >= 15 is 0 Å². The maximum Gasteiger partial charge on any atom is 0.228 e. The van der Waals surface area contributed by atoms with Crippen LogP contribution in [0.3, 0.4) is 0 Å². The van der Waals surface area contributed by atoms with E-state index in [0.29, 0.717) is 17.8 Å². The first-order chi connectivity index (χ1) is 11.2. The number of hydrogen-bond donors (Lipinski definition) is 2. The van der Waals surface area contributed by atoms with Crippen LogP contribution in [0.5, 0.6) is 0 Å². The molecule has 2 aromatic rings. The van der Waals surface area contributed by atoms with Crippen molar-refractivity contribution in [1.82, 2.24) is 4.98 Å². The monoisotopic (exact) mass is 384 g/mol. The Morgan fingerprint density at radius 2 is 1.80 bits per heavy atom. The second-order valence-corrected chi connectivity index (χ2v) is 5.47. The third kappa shape index (κ3) is 6.08. The smallest absolute Gasteiger partial charge is 0.228 e. The molecule has 1 aliphatic heterocycles. The van der Waals surface area contributed by atoms with Crippen LogP contribution in [0, 0.1) is 0 Å². The van der Waals surface area contributed by atoms with Gasteiger partial charge in [0, 0.05) is 18.8 Å². The molecule has 0 atom stereocenters. The van der Waals surface area contributed by atoms with Crippen LogP contribution in [0.4, 0.5) is 17.2 Å². The van der Waals surface area contributed by atoms with E-state index in [9.17, 15) is 4.79 Å². The normalized spacial score (nSPS) is 13.4. The van der Waals surface area contributed by atoms with Crippen LogP contribution in [0.15, 0.2) is 42.6 Å². The van der Waals surface area contributed by atoms with E-state index in [2.05, 4.69) is 15.2 Å². The van der Waals surface area contributed by atoms with E-state index in [0.717, 1.165) is 37.7 Å². The molecule has 8 heteroatoms. The average molecular weight is 385 g/mol. The summed E-state index contributed by atoms with van der Waals surface area (Å²) in [6, 6.07) is 11.1. The Balaban J connectivity index is 0.00000156. The predicted octanol–water partition coefficient (Wildman–Crippen LogP) is 2.53. The summed E-state index contributed by atoms with van der Waals surface area (Å²) in [5.74, 6) is 0.834. The SMILES string of the molecule is Cl.Cl.Nc1ccc(CC(=O)Nc2ccc(N3CCOCC3)nc2)cc1. The number of halogens is 2. The molecule has 1 saturated heterocycles. The molecule has 0 bridgehead atoms. The third-order valence-corrected chi connectivity index (χ3v) is 3.71. The number of carbonyl (C=O) groups excluding carboxylic acids is 1. The van der Waals surface area contributed by atoms with Gasteiger partial charge >= 0.3 is 0 Å².